The van der Waals surface area contributed by atoms with Gasteiger partial charge in [0.2, 0.25) is 0 Å². The number of aliphatic hydroxyl groups excluding tert-OH is 1. The summed E-state index contributed by atoms with van der Waals surface area (Å²) in [6.45, 7) is -0.685. The maximum Gasteiger partial charge on any atom is 0.387 e. The summed E-state index contributed by atoms with van der Waals surface area (Å²) in [6.07, 6.45) is 3.42. The van der Waals surface area contributed by atoms with E-state index in [0.29, 0.717) is 24.0 Å². The number of alkyl halides is 2. The van der Waals surface area contributed by atoms with Gasteiger partial charge in [0.15, 0.2) is 0 Å². The molecule has 132 valence electrons. The fraction of sp³-hybridized carbons (Fsp3) is 0.294. The number of nitrogens with zero attached hydrogens (tertiary/aromatic N) is 3. The molecule has 1 N–H and O–H groups in total. The van der Waals surface area contributed by atoms with Crippen LogP contribution in [-0.2, 0) is 6.54 Å². The zero-order valence-corrected chi connectivity index (χ0v) is 14.1. The van der Waals surface area contributed by atoms with Crippen LogP contribution in [0.5, 0.6) is 5.75 Å². The molecule has 25 heavy (non-hydrogen) atoms. The Labute approximate surface area is 147 Å². The van der Waals surface area contributed by atoms with Crippen molar-refractivity contribution < 1.29 is 18.6 Å². The van der Waals surface area contributed by atoms with Crippen LogP contribution < -0.4 is 4.74 Å². The van der Waals surface area contributed by atoms with Crippen LogP contribution in [0.25, 0.3) is 22.2 Å². The number of rotatable bonds is 6. The van der Waals surface area contributed by atoms with E-state index in [4.69, 9.17) is 11.6 Å². The van der Waals surface area contributed by atoms with Crippen LogP contribution >= 0.6 is 11.6 Å². The predicted octanol–water partition coefficient (Wildman–Crippen LogP) is 4.12. The second-order valence-corrected chi connectivity index (χ2v) is 6.06. The summed E-state index contributed by atoms with van der Waals surface area (Å²) in [7, 11) is 0. The maximum atomic E-state index is 12.5. The molecule has 3 aromatic rings. The molecular formula is C17H16ClF2N3O2. The molecule has 0 saturated heterocycles. The number of benzene rings is 1. The van der Waals surface area contributed by atoms with E-state index in [2.05, 4.69) is 14.8 Å². The minimum atomic E-state index is -2.95. The van der Waals surface area contributed by atoms with E-state index in [9.17, 15) is 13.9 Å². The standard InChI is InChI=1S/C17H16ClF2N3O2/c1-10(24)4-5-23-15-6-12(8-21-14(15)9-22-23)11-2-3-13(18)16(7-11)25-17(19)20/h2-3,6-10,17,24H,4-5H2,1H3. The van der Waals surface area contributed by atoms with E-state index >= 15 is 0 Å². The molecular weight excluding hydrogens is 352 g/mol. The van der Waals surface area contributed by atoms with Crippen LogP contribution in [0.15, 0.2) is 36.7 Å². The fourth-order valence-corrected chi connectivity index (χ4v) is 2.63. The molecule has 0 bridgehead atoms. The molecule has 2 heterocycles. The van der Waals surface area contributed by atoms with Gasteiger partial charge in [0, 0.05) is 18.3 Å². The SMILES string of the molecule is CC(O)CCn1ncc2ncc(-c3ccc(Cl)c(OC(F)F)c3)cc21. The Bertz CT molecular complexity index is 883. The van der Waals surface area contributed by atoms with E-state index in [-0.39, 0.29) is 10.8 Å². The molecule has 5 nitrogen and oxygen atoms in total. The van der Waals surface area contributed by atoms with E-state index in [1.807, 2.05) is 6.07 Å². The third kappa shape index (κ3) is 4.05. The fourth-order valence-electron chi connectivity index (χ4n) is 2.47. The van der Waals surface area contributed by atoms with Crippen molar-refractivity contribution in [1.29, 1.82) is 0 Å². The van der Waals surface area contributed by atoms with Gasteiger partial charge in [-0.05, 0) is 37.1 Å². The molecule has 2 aromatic heterocycles. The summed E-state index contributed by atoms with van der Waals surface area (Å²) in [6, 6.07) is 6.53. The van der Waals surface area contributed by atoms with Crippen molar-refractivity contribution in [3.63, 3.8) is 0 Å². The Morgan fingerprint density at radius 1 is 1.24 bits per heavy atom. The summed E-state index contributed by atoms with van der Waals surface area (Å²) >= 11 is 5.89. The Morgan fingerprint density at radius 3 is 2.76 bits per heavy atom. The van der Waals surface area contributed by atoms with Gasteiger partial charge in [-0.25, -0.2) is 0 Å². The van der Waals surface area contributed by atoms with Gasteiger partial charge in [0.25, 0.3) is 0 Å². The van der Waals surface area contributed by atoms with Crippen molar-refractivity contribution in [2.75, 3.05) is 0 Å². The van der Waals surface area contributed by atoms with Gasteiger partial charge in [0.1, 0.15) is 11.3 Å². The molecule has 0 aliphatic heterocycles. The third-order valence-electron chi connectivity index (χ3n) is 3.73. The maximum absolute atomic E-state index is 12.5. The van der Waals surface area contributed by atoms with Gasteiger partial charge in [-0.15, -0.1) is 0 Å². The number of ether oxygens (including phenoxy) is 1. The lowest BCUT2D eigenvalue weighted by Gasteiger charge is -2.10. The number of fused-ring (bicyclic) bond motifs is 1. The van der Waals surface area contributed by atoms with E-state index in [1.54, 1.807) is 30.1 Å². The van der Waals surface area contributed by atoms with Gasteiger partial charge in [0.05, 0.1) is 22.8 Å². The van der Waals surface area contributed by atoms with E-state index in [0.717, 1.165) is 11.1 Å². The number of hydrogen-bond donors (Lipinski definition) is 1. The van der Waals surface area contributed by atoms with Gasteiger partial charge in [-0.3, -0.25) is 9.67 Å². The average Bonchev–Trinajstić information content (AvgIpc) is 2.97. The highest BCUT2D eigenvalue weighted by Crippen LogP contribution is 2.32. The highest BCUT2D eigenvalue weighted by atomic mass is 35.5. The van der Waals surface area contributed by atoms with E-state index in [1.165, 1.54) is 12.1 Å². The molecule has 1 unspecified atom stereocenters. The Kier molecular flexibility index (Phi) is 5.15. The molecule has 0 aliphatic carbocycles. The Morgan fingerprint density at radius 2 is 2.04 bits per heavy atom. The normalized spacial score (nSPS) is 12.7. The lowest BCUT2D eigenvalue weighted by Crippen LogP contribution is -2.07. The van der Waals surface area contributed by atoms with Crippen molar-refractivity contribution in [3.05, 3.63) is 41.7 Å². The lowest BCUT2D eigenvalue weighted by molar-refractivity contribution is -0.0497. The molecule has 0 amide bonds. The molecule has 0 spiro atoms. The molecule has 0 radical (unpaired) electrons. The average molecular weight is 368 g/mol. The summed E-state index contributed by atoms with van der Waals surface area (Å²) < 4.78 is 31.2. The van der Waals surface area contributed by atoms with Crippen molar-refractivity contribution >= 4 is 22.6 Å². The first-order valence-corrected chi connectivity index (χ1v) is 8.06. The smallest absolute Gasteiger partial charge is 0.387 e. The molecule has 8 heteroatoms. The van der Waals surface area contributed by atoms with Crippen molar-refractivity contribution in [3.8, 4) is 16.9 Å². The second-order valence-electron chi connectivity index (χ2n) is 5.66. The summed E-state index contributed by atoms with van der Waals surface area (Å²) in [4.78, 5) is 4.35. The molecule has 1 aromatic carbocycles. The van der Waals surface area contributed by atoms with Crippen LogP contribution in [0, 0.1) is 0 Å². The number of pyridine rings is 1. The minimum absolute atomic E-state index is 0.0862. The van der Waals surface area contributed by atoms with Crippen molar-refractivity contribution in [2.45, 2.75) is 32.6 Å². The lowest BCUT2D eigenvalue weighted by atomic mass is 10.1. The highest BCUT2D eigenvalue weighted by Gasteiger charge is 2.12. The Balaban J connectivity index is 1.97. The zero-order chi connectivity index (χ0) is 18.0. The summed E-state index contributed by atoms with van der Waals surface area (Å²) in [5.74, 6) is -0.0862. The van der Waals surface area contributed by atoms with Gasteiger partial charge in [-0.2, -0.15) is 13.9 Å². The molecule has 0 fully saturated rings. The second kappa shape index (κ2) is 7.33. The van der Waals surface area contributed by atoms with Gasteiger partial charge in [-0.1, -0.05) is 17.7 Å². The zero-order valence-electron chi connectivity index (χ0n) is 13.4. The van der Waals surface area contributed by atoms with Crippen molar-refractivity contribution in [1.82, 2.24) is 14.8 Å². The summed E-state index contributed by atoms with van der Waals surface area (Å²) in [5, 5.41) is 13.8. The number of halogens is 3. The van der Waals surface area contributed by atoms with Crippen molar-refractivity contribution in [2.24, 2.45) is 0 Å². The van der Waals surface area contributed by atoms with Gasteiger partial charge < -0.3 is 9.84 Å². The molecule has 0 saturated carbocycles. The number of aromatic nitrogens is 3. The monoisotopic (exact) mass is 367 g/mol. The minimum Gasteiger partial charge on any atom is -0.433 e. The first kappa shape index (κ1) is 17.6. The number of hydrogen-bond acceptors (Lipinski definition) is 4. The van der Waals surface area contributed by atoms with Crippen LogP contribution in [0.1, 0.15) is 13.3 Å². The molecule has 3 rings (SSSR count). The predicted molar refractivity (Wildman–Crippen MR) is 90.9 cm³/mol. The first-order valence-electron chi connectivity index (χ1n) is 7.68. The number of aliphatic hydroxyl groups is 1. The van der Waals surface area contributed by atoms with Crippen LogP contribution in [0.2, 0.25) is 5.02 Å². The Hall–Kier alpha value is -2.25. The van der Waals surface area contributed by atoms with Crippen LogP contribution in [0.4, 0.5) is 8.78 Å². The summed E-state index contributed by atoms with van der Waals surface area (Å²) in [5.41, 5.74) is 2.89. The topological polar surface area (TPSA) is 60.2 Å². The van der Waals surface area contributed by atoms with E-state index < -0.39 is 12.7 Å². The molecule has 1 atom stereocenters. The highest BCUT2D eigenvalue weighted by molar-refractivity contribution is 6.32. The van der Waals surface area contributed by atoms with Gasteiger partial charge >= 0.3 is 6.61 Å². The van der Waals surface area contributed by atoms with Crippen LogP contribution in [-0.4, -0.2) is 32.6 Å². The molecule has 0 aliphatic rings. The van der Waals surface area contributed by atoms with Crippen LogP contribution in [0.3, 0.4) is 0 Å². The first-order chi connectivity index (χ1) is 11.9. The third-order valence-corrected chi connectivity index (χ3v) is 4.05. The largest absolute Gasteiger partial charge is 0.433 e. The quantitative estimate of drug-likeness (QED) is 0.711. The number of aryl methyl sites for hydroxylation is 1.